The summed E-state index contributed by atoms with van der Waals surface area (Å²) in [6.07, 6.45) is 0.833. The minimum atomic E-state index is -0.0562. The van der Waals surface area contributed by atoms with Crippen molar-refractivity contribution >= 4 is 28.3 Å². The van der Waals surface area contributed by atoms with Gasteiger partial charge in [0, 0.05) is 17.5 Å². The first kappa shape index (κ1) is 12.9. The zero-order valence-corrected chi connectivity index (χ0v) is 11.1. The Morgan fingerprint density at radius 1 is 1.22 bits per heavy atom. The molecule has 18 heavy (non-hydrogen) atoms. The van der Waals surface area contributed by atoms with Crippen LogP contribution in [0.5, 0.6) is 0 Å². The number of benzene rings is 2. The topological polar surface area (TPSA) is 29.1 Å². The number of alkyl halides is 1. The third-order valence-electron chi connectivity index (χ3n) is 3.05. The molecule has 0 aliphatic heterocycles. The summed E-state index contributed by atoms with van der Waals surface area (Å²) in [5, 5.41) is 5.00. The van der Waals surface area contributed by atoms with Crippen molar-refractivity contribution in [1.82, 2.24) is 5.32 Å². The molecule has 0 aromatic heterocycles. The maximum atomic E-state index is 12.2. The Morgan fingerprint density at radius 3 is 2.67 bits per heavy atom. The highest BCUT2D eigenvalue weighted by molar-refractivity contribution is 6.18. The van der Waals surface area contributed by atoms with Crippen molar-refractivity contribution in [2.24, 2.45) is 0 Å². The van der Waals surface area contributed by atoms with E-state index in [9.17, 15) is 4.79 Å². The number of fused-ring (bicyclic) bond motifs is 1. The van der Waals surface area contributed by atoms with E-state index < -0.39 is 0 Å². The fourth-order valence-electron chi connectivity index (χ4n) is 1.94. The average molecular weight is 262 g/mol. The van der Waals surface area contributed by atoms with Crippen LogP contribution in [0, 0.1) is 0 Å². The first-order valence-corrected chi connectivity index (χ1v) is 6.64. The fraction of sp³-hybridized carbons (Fsp3) is 0.267. The average Bonchev–Trinajstić information content (AvgIpc) is 2.43. The van der Waals surface area contributed by atoms with E-state index in [1.54, 1.807) is 0 Å². The van der Waals surface area contributed by atoms with Crippen molar-refractivity contribution in [2.45, 2.75) is 19.4 Å². The van der Waals surface area contributed by atoms with Crippen LogP contribution in [0.2, 0.25) is 0 Å². The Morgan fingerprint density at radius 2 is 1.94 bits per heavy atom. The molecular weight excluding hydrogens is 246 g/mol. The summed E-state index contributed by atoms with van der Waals surface area (Å²) in [5.41, 5.74) is 0.705. The smallest absolute Gasteiger partial charge is 0.252 e. The van der Waals surface area contributed by atoms with E-state index in [1.807, 2.05) is 49.4 Å². The minimum absolute atomic E-state index is 0.0261. The molecule has 3 heteroatoms. The minimum Gasteiger partial charge on any atom is -0.348 e. The lowest BCUT2D eigenvalue weighted by atomic mass is 10.0. The van der Waals surface area contributed by atoms with Crippen LogP contribution in [0.25, 0.3) is 10.8 Å². The molecule has 2 rings (SSSR count). The van der Waals surface area contributed by atoms with E-state index in [0.29, 0.717) is 11.4 Å². The van der Waals surface area contributed by atoms with Crippen molar-refractivity contribution in [3.63, 3.8) is 0 Å². The van der Waals surface area contributed by atoms with E-state index in [-0.39, 0.29) is 11.9 Å². The van der Waals surface area contributed by atoms with Crippen LogP contribution in [0.4, 0.5) is 0 Å². The molecule has 0 heterocycles. The van der Waals surface area contributed by atoms with Crippen LogP contribution >= 0.6 is 11.6 Å². The summed E-state index contributed by atoms with van der Waals surface area (Å²) in [5.74, 6) is 0.381. The van der Waals surface area contributed by atoms with Gasteiger partial charge in [-0.15, -0.1) is 11.6 Å². The molecule has 1 unspecified atom stereocenters. The predicted molar refractivity (Wildman–Crippen MR) is 76.2 cm³/mol. The zero-order chi connectivity index (χ0) is 13.0. The Bertz CT molecular complexity index is 544. The normalized spacial score (nSPS) is 12.3. The second kappa shape index (κ2) is 5.87. The predicted octanol–water partition coefficient (Wildman–Crippen LogP) is 3.59. The number of halogens is 1. The number of carbonyl (C=O) groups is 1. The SMILES string of the molecule is CCC(CCl)NC(=O)c1cccc2ccccc12. The second-order valence-electron chi connectivity index (χ2n) is 4.26. The molecule has 0 spiro atoms. The van der Waals surface area contributed by atoms with E-state index in [2.05, 4.69) is 5.32 Å². The molecule has 2 aromatic rings. The molecule has 0 saturated heterocycles. The third kappa shape index (κ3) is 2.65. The van der Waals surface area contributed by atoms with Gasteiger partial charge in [-0.25, -0.2) is 0 Å². The first-order valence-electron chi connectivity index (χ1n) is 6.11. The number of rotatable bonds is 4. The van der Waals surface area contributed by atoms with Gasteiger partial charge in [-0.1, -0.05) is 43.3 Å². The largest absolute Gasteiger partial charge is 0.348 e. The molecule has 0 aliphatic carbocycles. The molecule has 1 N–H and O–H groups in total. The molecular formula is C15H16ClNO. The van der Waals surface area contributed by atoms with Crippen molar-refractivity contribution in [3.05, 3.63) is 48.0 Å². The van der Waals surface area contributed by atoms with Crippen LogP contribution in [-0.2, 0) is 0 Å². The van der Waals surface area contributed by atoms with Gasteiger partial charge in [-0.3, -0.25) is 4.79 Å². The Kier molecular flexibility index (Phi) is 4.21. The Labute approximate surface area is 112 Å². The highest BCUT2D eigenvalue weighted by Gasteiger charge is 2.13. The van der Waals surface area contributed by atoms with Gasteiger partial charge in [-0.05, 0) is 23.3 Å². The Balaban J connectivity index is 2.33. The highest BCUT2D eigenvalue weighted by Crippen LogP contribution is 2.18. The number of hydrogen-bond donors (Lipinski definition) is 1. The van der Waals surface area contributed by atoms with Crippen LogP contribution in [0.15, 0.2) is 42.5 Å². The van der Waals surface area contributed by atoms with E-state index in [4.69, 9.17) is 11.6 Å². The molecule has 94 valence electrons. The molecule has 2 nitrogen and oxygen atoms in total. The first-order chi connectivity index (χ1) is 8.76. The number of amides is 1. The Hall–Kier alpha value is -1.54. The molecule has 0 aliphatic rings. The van der Waals surface area contributed by atoms with Gasteiger partial charge in [0.15, 0.2) is 0 Å². The number of carbonyl (C=O) groups excluding carboxylic acids is 1. The highest BCUT2D eigenvalue weighted by atomic mass is 35.5. The van der Waals surface area contributed by atoms with E-state index >= 15 is 0 Å². The van der Waals surface area contributed by atoms with Gasteiger partial charge in [0.2, 0.25) is 0 Å². The zero-order valence-electron chi connectivity index (χ0n) is 10.3. The van der Waals surface area contributed by atoms with Crippen LogP contribution < -0.4 is 5.32 Å². The van der Waals surface area contributed by atoms with Crippen molar-refractivity contribution in [3.8, 4) is 0 Å². The fourth-order valence-corrected chi connectivity index (χ4v) is 2.23. The van der Waals surface area contributed by atoms with Crippen LogP contribution in [-0.4, -0.2) is 17.8 Å². The molecule has 1 atom stereocenters. The maximum Gasteiger partial charge on any atom is 0.252 e. The summed E-state index contributed by atoms with van der Waals surface area (Å²) in [6.45, 7) is 2.01. The van der Waals surface area contributed by atoms with Crippen LogP contribution in [0.3, 0.4) is 0 Å². The lowest BCUT2D eigenvalue weighted by molar-refractivity contribution is 0.0941. The standard InChI is InChI=1S/C15H16ClNO/c1-2-12(10-16)17-15(18)14-9-5-7-11-6-3-4-8-13(11)14/h3-9,12H,2,10H2,1H3,(H,17,18). The summed E-state index contributed by atoms with van der Waals surface area (Å²) >= 11 is 5.80. The number of nitrogens with one attached hydrogen (secondary N) is 1. The second-order valence-corrected chi connectivity index (χ2v) is 4.57. The monoisotopic (exact) mass is 261 g/mol. The van der Waals surface area contributed by atoms with Crippen LogP contribution in [0.1, 0.15) is 23.7 Å². The molecule has 2 aromatic carbocycles. The van der Waals surface area contributed by atoms with Gasteiger partial charge >= 0.3 is 0 Å². The molecule has 0 saturated carbocycles. The van der Waals surface area contributed by atoms with Gasteiger partial charge in [-0.2, -0.15) is 0 Å². The summed E-state index contributed by atoms with van der Waals surface area (Å²) < 4.78 is 0. The lowest BCUT2D eigenvalue weighted by Gasteiger charge is -2.14. The maximum absolute atomic E-state index is 12.2. The molecule has 0 bridgehead atoms. The molecule has 0 radical (unpaired) electrons. The van der Waals surface area contributed by atoms with Crippen molar-refractivity contribution in [2.75, 3.05) is 5.88 Å². The lowest BCUT2D eigenvalue weighted by Crippen LogP contribution is -2.35. The van der Waals surface area contributed by atoms with Gasteiger partial charge in [0.05, 0.1) is 0 Å². The quantitative estimate of drug-likeness (QED) is 0.838. The van der Waals surface area contributed by atoms with Gasteiger partial charge < -0.3 is 5.32 Å². The summed E-state index contributed by atoms with van der Waals surface area (Å²) in [4.78, 5) is 12.2. The third-order valence-corrected chi connectivity index (χ3v) is 3.42. The molecule has 1 amide bonds. The number of hydrogen-bond acceptors (Lipinski definition) is 1. The van der Waals surface area contributed by atoms with E-state index in [1.165, 1.54) is 0 Å². The summed E-state index contributed by atoms with van der Waals surface area (Å²) in [7, 11) is 0. The summed E-state index contributed by atoms with van der Waals surface area (Å²) in [6, 6.07) is 13.7. The van der Waals surface area contributed by atoms with Crippen molar-refractivity contribution < 1.29 is 4.79 Å². The van der Waals surface area contributed by atoms with Gasteiger partial charge in [0.1, 0.15) is 0 Å². The van der Waals surface area contributed by atoms with Gasteiger partial charge in [0.25, 0.3) is 5.91 Å². The van der Waals surface area contributed by atoms with Crippen molar-refractivity contribution in [1.29, 1.82) is 0 Å². The van der Waals surface area contributed by atoms with E-state index in [0.717, 1.165) is 17.2 Å². The molecule has 0 fully saturated rings.